The summed E-state index contributed by atoms with van der Waals surface area (Å²) in [4.78, 5) is 10.7. The minimum Gasteiger partial charge on any atom is -0.369 e. The average molecular weight is 298 g/mol. The van der Waals surface area contributed by atoms with Gasteiger partial charge in [0.05, 0.1) is 10.6 Å². The van der Waals surface area contributed by atoms with Gasteiger partial charge in [-0.25, -0.2) is 0 Å². The van der Waals surface area contributed by atoms with Crippen LogP contribution in [-0.2, 0) is 0 Å². The van der Waals surface area contributed by atoms with E-state index in [1.54, 1.807) is 41.1 Å². The summed E-state index contributed by atoms with van der Waals surface area (Å²) in [6.45, 7) is 3.66. The summed E-state index contributed by atoms with van der Waals surface area (Å²) < 4.78 is 1.63. The molecule has 8 nitrogen and oxygen atoms in total. The van der Waals surface area contributed by atoms with Crippen molar-refractivity contribution >= 4 is 17.4 Å². The Morgan fingerprint density at radius 2 is 1.95 bits per heavy atom. The standard InChI is InChI=1S/C14H14N6O2/c1-2-10(17-18-14(15)16)11-8-5-9-19(11)12-6-3-4-7-13(12)20(21)22/h2-9H,1H2,(H4,15,16,18)/b17-10+. The van der Waals surface area contributed by atoms with Crippen LogP contribution in [0.5, 0.6) is 0 Å². The SMILES string of the molecule is C=C/C(=N\N=C(N)N)c1cccn1-c1ccccc1[N+](=O)[O-]. The van der Waals surface area contributed by atoms with Gasteiger partial charge in [-0.15, -0.1) is 10.2 Å². The van der Waals surface area contributed by atoms with Crippen LogP contribution in [0.4, 0.5) is 5.69 Å². The Morgan fingerprint density at radius 1 is 1.23 bits per heavy atom. The first kappa shape index (κ1) is 15.0. The summed E-state index contributed by atoms with van der Waals surface area (Å²) >= 11 is 0. The zero-order chi connectivity index (χ0) is 16.1. The number of nitro groups is 1. The molecule has 0 aliphatic rings. The topological polar surface area (TPSA) is 125 Å². The molecular weight excluding hydrogens is 284 g/mol. The number of hydrogen-bond donors (Lipinski definition) is 2. The van der Waals surface area contributed by atoms with Crippen molar-refractivity contribution in [2.75, 3.05) is 0 Å². The maximum atomic E-state index is 11.2. The normalized spacial score (nSPS) is 11.0. The van der Waals surface area contributed by atoms with Gasteiger partial charge in [0.25, 0.3) is 5.69 Å². The summed E-state index contributed by atoms with van der Waals surface area (Å²) in [5, 5.41) is 18.6. The van der Waals surface area contributed by atoms with Crippen molar-refractivity contribution in [2.24, 2.45) is 21.7 Å². The molecular formula is C14H14N6O2. The fraction of sp³-hybridized carbons (Fsp3) is 0. The van der Waals surface area contributed by atoms with Crippen LogP contribution in [0.25, 0.3) is 5.69 Å². The minimum atomic E-state index is -0.445. The van der Waals surface area contributed by atoms with Gasteiger partial charge in [-0.3, -0.25) is 10.1 Å². The first-order chi connectivity index (χ1) is 10.5. The molecule has 1 heterocycles. The molecule has 1 aromatic carbocycles. The van der Waals surface area contributed by atoms with Gasteiger partial charge < -0.3 is 16.0 Å². The Kier molecular flexibility index (Phi) is 4.33. The molecule has 0 radical (unpaired) electrons. The van der Waals surface area contributed by atoms with Crippen molar-refractivity contribution < 1.29 is 4.92 Å². The number of hydrogen-bond acceptors (Lipinski definition) is 4. The summed E-state index contributed by atoms with van der Waals surface area (Å²) in [5.74, 6) is -0.192. The molecule has 112 valence electrons. The maximum Gasteiger partial charge on any atom is 0.293 e. The van der Waals surface area contributed by atoms with Gasteiger partial charge in [0.1, 0.15) is 11.4 Å². The minimum absolute atomic E-state index is 0.0230. The van der Waals surface area contributed by atoms with E-state index in [1.807, 2.05) is 0 Å². The molecule has 0 aliphatic heterocycles. The summed E-state index contributed by atoms with van der Waals surface area (Å²) in [5.41, 5.74) is 11.9. The highest BCUT2D eigenvalue weighted by atomic mass is 16.6. The number of para-hydroxylation sites is 2. The van der Waals surface area contributed by atoms with Gasteiger partial charge in [-0.1, -0.05) is 18.7 Å². The van der Waals surface area contributed by atoms with Crippen LogP contribution in [0.15, 0.2) is 65.5 Å². The third-order valence-corrected chi connectivity index (χ3v) is 2.82. The molecule has 0 saturated carbocycles. The van der Waals surface area contributed by atoms with Gasteiger partial charge >= 0.3 is 0 Å². The smallest absolute Gasteiger partial charge is 0.293 e. The fourth-order valence-corrected chi connectivity index (χ4v) is 1.93. The van der Waals surface area contributed by atoms with Crippen LogP contribution >= 0.6 is 0 Å². The van der Waals surface area contributed by atoms with Crippen LogP contribution in [-0.4, -0.2) is 21.2 Å². The number of nitrogens with two attached hydrogens (primary N) is 2. The van der Waals surface area contributed by atoms with Crippen molar-refractivity contribution in [3.8, 4) is 5.69 Å². The average Bonchev–Trinajstić information content (AvgIpc) is 2.97. The Morgan fingerprint density at radius 3 is 2.59 bits per heavy atom. The monoisotopic (exact) mass is 298 g/mol. The number of nitrogens with zero attached hydrogens (tertiary/aromatic N) is 4. The number of benzene rings is 1. The molecule has 2 rings (SSSR count). The van der Waals surface area contributed by atoms with Gasteiger partial charge in [0, 0.05) is 12.3 Å². The predicted octanol–water partition coefficient (Wildman–Crippen LogP) is 1.55. The van der Waals surface area contributed by atoms with Crippen LogP contribution < -0.4 is 11.5 Å². The number of allylic oxidation sites excluding steroid dienone is 1. The molecule has 22 heavy (non-hydrogen) atoms. The van der Waals surface area contributed by atoms with Gasteiger partial charge in [-0.2, -0.15) is 0 Å². The Bertz CT molecular complexity index is 771. The summed E-state index contributed by atoms with van der Waals surface area (Å²) in [6.07, 6.45) is 3.15. The molecule has 4 N–H and O–H groups in total. The van der Waals surface area contributed by atoms with Crippen molar-refractivity contribution in [1.82, 2.24) is 4.57 Å². The zero-order valence-electron chi connectivity index (χ0n) is 11.6. The number of nitro benzene ring substituents is 1. The van der Waals surface area contributed by atoms with Crippen LogP contribution in [0.1, 0.15) is 5.69 Å². The highest BCUT2D eigenvalue weighted by Crippen LogP contribution is 2.24. The molecule has 1 aromatic heterocycles. The van der Waals surface area contributed by atoms with Crippen molar-refractivity contribution in [3.63, 3.8) is 0 Å². The van der Waals surface area contributed by atoms with Crippen molar-refractivity contribution in [1.29, 1.82) is 0 Å². The molecule has 2 aromatic rings. The highest BCUT2D eigenvalue weighted by molar-refractivity contribution is 6.08. The molecule has 0 aliphatic carbocycles. The molecule has 0 fully saturated rings. The van der Waals surface area contributed by atoms with Crippen molar-refractivity contribution in [3.05, 3.63) is 71.1 Å². The van der Waals surface area contributed by atoms with Gasteiger partial charge in [0.2, 0.25) is 5.96 Å². The molecule has 0 atom stereocenters. The van der Waals surface area contributed by atoms with Crippen molar-refractivity contribution in [2.45, 2.75) is 0 Å². The first-order valence-electron chi connectivity index (χ1n) is 6.25. The Hall–Kier alpha value is -3.42. The third-order valence-electron chi connectivity index (χ3n) is 2.82. The van der Waals surface area contributed by atoms with E-state index in [0.29, 0.717) is 17.1 Å². The molecule has 8 heteroatoms. The maximum absolute atomic E-state index is 11.2. The van der Waals surface area contributed by atoms with E-state index in [9.17, 15) is 10.1 Å². The lowest BCUT2D eigenvalue weighted by Gasteiger charge is -2.09. The number of guanidine groups is 1. The van der Waals surface area contributed by atoms with E-state index in [4.69, 9.17) is 11.5 Å². The van der Waals surface area contributed by atoms with E-state index in [-0.39, 0.29) is 11.6 Å². The fourth-order valence-electron chi connectivity index (χ4n) is 1.93. The molecule has 0 bridgehead atoms. The van der Waals surface area contributed by atoms with Crippen LogP contribution in [0.3, 0.4) is 0 Å². The summed E-state index contributed by atoms with van der Waals surface area (Å²) in [7, 11) is 0. The van der Waals surface area contributed by atoms with E-state index in [0.717, 1.165) is 0 Å². The second-order valence-electron chi connectivity index (χ2n) is 4.22. The molecule has 0 spiro atoms. The summed E-state index contributed by atoms with van der Waals surface area (Å²) in [6, 6.07) is 9.86. The van der Waals surface area contributed by atoms with Crippen LogP contribution in [0.2, 0.25) is 0 Å². The molecule has 0 amide bonds. The highest BCUT2D eigenvalue weighted by Gasteiger charge is 2.17. The zero-order valence-corrected chi connectivity index (χ0v) is 11.6. The molecule has 0 unspecified atom stereocenters. The quantitative estimate of drug-likeness (QED) is 0.376. The Balaban J connectivity index is 2.60. The van der Waals surface area contributed by atoms with E-state index in [2.05, 4.69) is 16.8 Å². The van der Waals surface area contributed by atoms with E-state index >= 15 is 0 Å². The Labute approximate surface area is 126 Å². The second-order valence-corrected chi connectivity index (χ2v) is 4.22. The largest absolute Gasteiger partial charge is 0.369 e. The van der Waals surface area contributed by atoms with Gasteiger partial charge in [0.15, 0.2) is 0 Å². The third kappa shape index (κ3) is 3.01. The van der Waals surface area contributed by atoms with E-state index < -0.39 is 4.92 Å². The lowest BCUT2D eigenvalue weighted by atomic mass is 10.2. The lowest BCUT2D eigenvalue weighted by molar-refractivity contribution is -0.384. The first-order valence-corrected chi connectivity index (χ1v) is 6.25. The van der Waals surface area contributed by atoms with Crippen LogP contribution in [0, 0.1) is 10.1 Å². The number of aromatic nitrogens is 1. The lowest BCUT2D eigenvalue weighted by Crippen LogP contribution is -2.22. The predicted molar refractivity (Wildman–Crippen MR) is 85.0 cm³/mol. The molecule has 0 saturated heterocycles. The second kappa shape index (κ2) is 6.35. The number of rotatable bonds is 5. The van der Waals surface area contributed by atoms with Gasteiger partial charge in [-0.05, 0) is 24.3 Å². The van der Waals surface area contributed by atoms with E-state index in [1.165, 1.54) is 12.1 Å².